The van der Waals surface area contributed by atoms with Crippen LogP contribution in [0.3, 0.4) is 0 Å². The van der Waals surface area contributed by atoms with E-state index in [1.54, 1.807) is 6.20 Å². The zero-order chi connectivity index (χ0) is 18.7. The molecule has 0 radical (unpaired) electrons. The summed E-state index contributed by atoms with van der Waals surface area (Å²) in [6.45, 7) is 0.291. The summed E-state index contributed by atoms with van der Waals surface area (Å²) in [6, 6.07) is 15.7. The lowest BCUT2D eigenvalue weighted by atomic mass is 9.82. The molecule has 2 atom stereocenters. The molecule has 1 N–H and O–H groups in total. The summed E-state index contributed by atoms with van der Waals surface area (Å²) in [5, 5.41) is 11.1. The number of hydrogen-bond acceptors (Lipinski definition) is 4. The third-order valence-electron chi connectivity index (χ3n) is 5.84. The van der Waals surface area contributed by atoms with Gasteiger partial charge in [-0.25, -0.2) is 4.79 Å². The fraction of sp³-hybridized carbons (Fsp3) is 0.455. The van der Waals surface area contributed by atoms with Gasteiger partial charge in [0.1, 0.15) is 6.61 Å². The van der Waals surface area contributed by atoms with Crippen molar-refractivity contribution in [1.82, 2.24) is 9.88 Å². The lowest BCUT2D eigenvalue weighted by molar-refractivity contribution is -0.0539. The third-order valence-corrected chi connectivity index (χ3v) is 5.84. The molecule has 2 aliphatic heterocycles. The van der Waals surface area contributed by atoms with E-state index in [0.717, 1.165) is 30.5 Å². The highest BCUT2D eigenvalue weighted by molar-refractivity contribution is 5.69. The topological polar surface area (TPSA) is 62.7 Å². The fourth-order valence-electron chi connectivity index (χ4n) is 4.53. The fourth-order valence-corrected chi connectivity index (χ4v) is 4.53. The molecule has 5 heteroatoms. The van der Waals surface area contributed by atoms with Crippen LogP contribution in [0.5, 0.6) is 0 Å². The lowest BCUT2D eigenvalue weighted by Gasteiger charge is -2.43. The summed E-state index contributed by atoms with van der Waals surface area (Å²) in [7, 11) is 0. The highest BCUT2D eigenvalue weighted by Gasteiger charge is 2.49. The summed E-state index contributed by atoms with van der Waals surface area (Å²) in [5.41, 5.74) is 1.27. The Balaban J connectivity index is 1.34. The van der Waals surface area contributed by atoms with Crippen LogP contribution in [0.15, 0.2) is 54.7 Å². The number of ether oxygens (including phenoxy) is 1. The van der Waals surface area contributed by atoms with Crippen LogP contribution >= 0.6 is 0 Å². The second-order valence-corrected chi connectivity index (χ2v) is 7.79. The number of nitrogens with zero attached hydrogens (tertiary/aromatic N) is 2. The third kappa shape index (κ3) is 4.14. The minimum atomic E-state index is -0.723. The number of carbonyl (C=O) groups excluding carboxylic acids is 1. The maximum absolute atomic E-state index is 12.6. The molecule has 0 saturated carbocycles. The van der Waals surface area contributed by atoms with Crippen LogP contribution in [-0.4, -0.2) is 38.8 Å². The second-order valence-electron chi connectivity index (χ2n) is 7.79. The van der Waals surface area contributed by atoms with Gasteiger partial charge in [0, 0.05) is 24.0 Å². The quantitative estimate of drug-likeness (QED) is 0.876. The molecule has 5 nitrogen and oxygen atoms in total. The molecule has 3 heterocycles. The van der Waals surface area contributed by atoms with E-state index in [1.165, 1.54) is 0 Å². The Kier molecular flexibility index (Phi) is 5.12. The summed E-state index contributed by atoms with van der Waals surface area (Å²) in [4.78, 5) is 18.9. The maximum atomic E-state index is 12.6. The van der Waals surface area contributed by atoms with Crippen LogP contribution in [0, 0.1) is 0 Å². The van der Waals surface area contributed by atoms with Crippen molar-refractivity contribution in [2.75, 3.05) is 0 Å². The van der Waals surface area contributed by atoms with Crippen LogP contribution in [-0.2, 0) is 17.8 Å². The van der Waals surface area contributed by atoms with Crippen LogP contribution in [0.4, 0.5) is 4.79 Å². The molecule has 1 aromatic heterocycles. The van der Waals surface area contributed by atoms with Crippen LogP contribution < -0.4 is 0 Å². The van der Waals surface area contributed by atoms with Crippen molar-refractivity contribution < 1.29 is 14.6 Å². The van der Waals surface area contributed by atoms with E-state index in [0.29, 0.717) is 25.9 Å². The van der Waals surface area contributed by atoms with E-state index in [9.17, 15) is 9.90 Å². The number of hydrogen-bond donors (Lipinski definition) is 1. The van der Waals surface area contributed by atoms with Crippen LogP contribution in [0.2, 0.25) is 0 Å². The van der Waals surface area contributed by atoms with Gasteiger partial charge in [-0.15, -0.1) is 0 Å². The molecule has 0 spiro atoms. The largest absolute Gasteiger partial charge is 0.445 e. The molecule has 2 fully saturated rings. The van der Waals surface area contributed by atoms with Crippen molar-refractivity contribution in [2.45, 2.75) is 62.8 Å². The number of aryl methyl sites for hydroxylation is 1. The highest BCUT2D eigenvalue weighted by atomic mass is 16.6. The van der Waals surface area contributed by atoms with Crippen molar-refractivity contribution in [3.63, 3.8) is 0 Å². The summed E-state index contributed by atoms with van der Waals surface area (Å²) in [5.74, 6) is 0. The number of amides is 1. The van der Waals surface area contributed by atoms with E-state index in [-0.39, 0.29) is 18.2 Å². The monoisotopic (exact) mass is 366 g/mol. The van der Waals surface area contributed by atoms with Crippen LogP contribution in [0.1, 0.15) is 43.4 Å². The zero-order valence-corrected chi connectivity index (χ0v) is 15.5. The molecule has 2 bridgehead atoms. The predicted octanol–water partition coefficient (Wildman–Crippen LogP) is 3.71. The van der Waals surface area contributed by atoms with Crippen LogP contribution in [0.25, 0.3) is 0 Å². The summed E-state index contributed by atoms with van der Waals surface area (Å²) < 4.78 is 5.54. The Morgan fingerprint density at radius 2 is 1.81 bits per heavy atom. The molecule has 0 aliphatic carbocycles. The van der Waals surface area contributed by atoms with Crippen molar-refractivity contribution in [3.8, 4) is 0 Å². The molecule has 27 heavy (non-hydrogen) atoms. The summed E-state index contributed by atoms with van der Waals surface area (Å²) in [6.07, 6.45) is 6.10. The van der Waals surface area contributed by atoms with E-state index in [4.69, 9.17) is 4.74 Å². The number of fused-ring (bicyclic) bond motifs is 2. The standard InChI is InChI=1S/C22H26N2O3/c25-21(27-16-17-6-2-1-3-7-17)24-19-9-10-20(24)15-22(26,14-19)12-11-18-8-4-5-13-23-18/h1-8,13,19-20,26H,9-12,14-16H2. The van der Waals surface area contributed by atoms with Gasteiger partial charge in [0.05, 0.1) is 5.60 Å². The van der Waals surface area contributed by atoms with E-state index in [1.807, 2.05) is 53.4 Å². The average Bonchev–Trinajstić information content (AvgIpc) is 2.99. The van der Waals surface area contributed by atoms with E-state index in [2.05, 4.69) is 4.98 Å². The van der Waals surface area contributed by atoms with E-state index >= 15 is 0 Å². The Labute approximate surface area is 160 Å². The second kappa shape index (κ2) is 7.69. The van der Waals surface area contributed by atoms with Crippen molar-refractivity contribution in [3.05, 3.63) is 66.0 Å². The minimum absolute atomic E-state index is 0.0701. The molecule has 2 aliphatic rings. The Morgan fingerprint density at radius 3 is 2.48 bits per heavy atom. The zero-order valence-electron chi connectivity index (χ0n) is 15.5. The first-order chi connectivity index (χ1) is 13.1. The molecular weight excluding hydrogens is 340 g/mol. The van der Waals surface area contributed by atoms with Gasteiger partial charge in [-0.3, -0.25) is 4.98 Å². The maximum Gasteiger partial charge on any atom is 0.410 e. The van der Waals surface area contributed by atoms with Gasteiger partial charge in [0.25, 0.3) is 0 Å². The number of carbonyl (C=O) groups is 1. The Bertz CT molecular complexity index is 752. The highest BCUT2D eigenvalue weighted by Crippen LogP contribution is 2.43. The van der Waals surface area contributed by atoms with Crippen molar-refractivity contribution in [1.29, 1.82) is 0 Å². The first-order valence-electron chi connectivity index (χ1n) is 9.74. The van der Waals surface area contributed by atoms with Gasteiger partial charge in [0.15, 0.2) is 0 Å². The molecule has 1 amide bonds. The SMILES string of the molecule is O=C(OCc1ccccc1)N1C2CCC1CC(O)(CCc1ccccn1)C2. The molecule has 142 valence electrons. The average molecular weight is 366 g/mol. The number of aromatic nitrogens is 1. The lowest BCUT2D eigenvalue weighted by Crippen LogP contribution is -2.53. The van der Waals surface area contributed by atoms with Gasteiger partial charge in [-0.1, -0.05) is 36.4 Å². The molecule has 4 rings (SSSR count). The van der Waals surface area contributed by atoms with Gasteiger partial charge >= 0.3 is 6.09 Å². The summed E-state index contributed by atoms with van der Waals surface area (Å²) >= 11 is 0. The van der Waals surface area contributed by atoms with Gasteiger partial charge in [-0.05, 0) is 56.2 Å². The number of aliphatic hydroxyl groups is 1. The smallest absolute Gasteiger partial charge is 0.410 e. The van der Waals surface area contributed by atoms with Crippen molar-refractivity contribution >= 4 is 6.09 Å². The number of rotatable bonds is 5. The predicted molar refractivity (Wildman–Crippen MR) is 102 cm³/mol. The molecule has 2 aromatic rings. The number of benzene rings is 1. The van der Waals surface area contributed by atoms with Crippen molar-refractivity contribution in [2.24, 2.45) is 0 Å². The molecule has 2 unspecified atom stereocenters. The minimum Gasteiger partial charge on any atom is -0.445 e. The Morgan fingerprint density at radius 1 is 1.11 bits per heavy atom. The first-order valence-corrected chi connectivity index (χ1v) is 9.74. The van der Waals surface area contributed by atoms with E-state index < -0.39 is 5.60 Å². The molecule has 1 aromatic carbocycles. The molecule has 2 saturated heterocycles. The van der Waals surface area contributed by atoms with Gasteiger partial charge in [0.2, 0.25) is 0 Å². The molecular formula is C22H26N2O3. The normalized spacial score (nSPS) is 26.8. The Hall–Kier alpha value is -2.40. The van der Waals surface area contributed by atoms with Gasteiger partial charge < -0.3 is 14.7 Å². The van der Waals surface area contributed by atoms with Gasteiger partial charge in [-0.2, -0.15) is 0 Å². The number of pyridine rings is 1. The first kappa shape index (κ1) is 18.0. The number of piperidine rings is 1.